The average Bonchev–Trinajstić information content (AvgIpc) is 2.65. The molecular weight excluding hydrogens is 372 g/mol. The van der Waals surface area contributed by atoms with Crippen molar-refractivity contribution in [2.75, 3.05) is 40.3 Å². The fourth-order valence-electron chi connectivity index (χ4n) is 2.20. The lowest BCUT2D eigenvalue weighted by Crippen LogP contribution is -2.43. The Kier molecular flexibility index (Phi) is 8.38. The molecule has 150 valence electrons. The van der Waals surface area contributed by atoms with Crippen molar-refractivity contribution in [2.24, 2.45) is 0 Å². The van der Waals surface area contributed by atoms with Crippen LogP contribution < -0.4 is 10.6 Å². The molecule has 0 aromatic heterocycles. The van der Waals surface area contributed by atoms with Gasteiger partial charge < -0.3 is 15.5 Å². The number of hydrogen-bond donors (Lipinski definition) is 2. The third-order valence-corrected chi connectivity index (χ3v) is 5.65. The molecule has 1 rings (SSSR count). The normalized spacial score (nSPS) is 11.1. The average molecular weight is 398 g/mol. The van der Waals surface area contributed by atoms with Gasteiger partial charge in [0.15, 0.2) is 0 Å². The van der Waals surface area contributed by atoms with Crippen LogP contribution in [0.5, 0.6) is 0 Å². The molecule has 1 aromatic rings. The molecule has 0 spiro atoms. The zero-order chi connectivity index (χ0) is 20.6. The molecular formula is C17H26N4O5S. The number of hydrogen-bond acceptors (Lipinski definition) is 5. The van der Waals surface area contributed by atoms with E-state index in [1.165, 1.54) is 38.4 Å². The standard InChI is InChI=1S/C17H26N4O5S/c1-5-21(6-2)16(23)12-18-15(22)11-19-17(24)13-8-7-9-14(10-13)27(25,26)20(3)4/h7-10H,5-6,11-12H2,1-4H3,(H,18,22)(H,19,24). The number of carbonyl (C=O) groups is 3. The molecule has 0 radical (unpaired) electrons. The number of likely N-dealkylation sites (N-methyl/N-ethyl adjacent to an activating group) is 1. The van der Waals surface area contributed by atoms with Crippen molar-refractivity contribution < 1.29 is 22.8 Å². The Labute approximate surface area is 159 Å². The van der Waals surface area contributed by atoms with Gasteiger partial charge >= 0.3 is 0 Å². The first-order valence-electron chi connectivity index (χ1n) is 8.48. The van der Waals surface area contributed by atoms with Gasteiger partial charge in [-0.05, 0) is 32.0 Å². The Morgan fingerprint density at radius 2 is 1.63 bits per heavy atom. The van der Waals surface area contributed by atoms with Gasteiger partial charge in [0.25, 0.3) is 5.91 Å². The van der Waals surface area contributed by atoms with Gasteiger partial charge in [0.05, 0.1) is 18.0 Å². The van der Waals surface area contributed by atoms with Crippen LogP contribution in [-0.2, 0) is 19.6 Å². The second kappa shape index (κ2) is 10.0. The molecule has 0 saturated heterocycles. The van der Waals surface area contributed by atoms with Crippen molar-refractivity contribution in [3.63, 3.8) is 0 Å². The molecule has 2 N–H and O–H groups in total. The minimum Gasteiger partial charge on any atom is -0.345 e. The van der Waals surface area contributed by atoms with Crippen molar-refractivity contribution >= 4 is 27.7 Å². The lowest BCUT2D eigenvalue weighted by atomic mass is 10.2. The van der Waals surface area contributed by atoms with Gasteiger partial charge in [-0.2, -0.15) is 0 Å². The molecule has 0 aliphatic rings. The predicted octanol–water partition coefficient (Wildman–Crippen LogP) is -0.349. The number of amides is 3. The molecule has 0 unspecified atom stereocenters. The van der Waals surface area contributed by atoms with Crippen LogP contribution in [0.2, 0.25) is 0 Å². The molecule has 0 atom stereocenters. The summed E-state index contributed by atoms with van der Waals surface area (Å²) in [6.45, 7) is 4.31. The van der Waals surface area contributed by atoms with E-state index in [1.807, 2.05) is 13.8 Å². The number of rotatable bonds is 9. The fraction of sp³-hybridized carbons (Fsp3) is 0.471. The lowest BCUT2D eigenvalue weighted by Gasteiger charge is -2.18. The Hall–Kier alpha value is -2.46. The van der Waals surface area contributed by atoms with Crippen molar-refractivity contribution in [2.45, 2.75) is 18.7 Å². The van der Waals surface area contributed by atoms with Crippen molar-refractivity contribution in [1.29, 1.82) is 0 Å². The maximum atomic E-state index is 12.2. The molecule has 0 saturated carbocycles. The Balaban J connectivity index is 2.63. The van der Waals surface area contributed by atoms with Crippen LogP contribution in [0.15, 0.2) is 29.2 Å². The van der Waals surface area contributed by atoms with Gasteiger partial charge in [-0.25, -0.2) is 12.7 Å². The van der Waals surface area contributed by atoms with E-state index in [0.29, 0.717) is 13.1 Å². The summed E-state index contributed by atoms with van der Waals surface area (Å²) in [4.78, 5) is 37.3. The number of carbonyl (C=O) groups excluding carboxylic acids is 3. The molecule has 0 aliphatic carbocycles. The molecule has 10 heteroatoms. The largest absolute Gasteiger partial charge is 0.345 e. The fourth-order valence-corrected chi connectivity index (χ4v) is 3.14. The van der Waals surface area contributed by atoms with E-state index >= 15 is 0 Å². The zero-order valence-electron chi connectivity index (χ0n) is 16.0. The molecule has 1 aromatic carbocycles. The summed E-state index contributed by atoms with van der Waals surface area (Å²) in [5, 5.41) is 4.84. The van der Waals surface area contributed by atoms with Gasteiger partial charge in [-0.3, -0.25) is 14.4 Å². The minimum atomic E-state index is -3.66. The van der Waals surface area contributed by atoms with Crippen LogP contribution >= 0.6 is 0 Å². The summed E-state index contributed by atoms with van der Waals surface area (Å²) in [6, 6.07) is 5.53. The van der Waals surface area contributed by atoms with E-state index in [4.69, 9.17) is 0 Å². The highest BCUT2D eigenvalue weighted by molar-refractivity contribution is 7.89. The molecule has 0 fully saturated rings. The molecule has 3 amide bonds. The van der Waals surface area contributed by atoms with Crippen LogP contribution in [-0.4, -0.2) is 75.6 Å². The second-order valence-corrected chi connectivity index (χ2v) is 7.99. The number of nitrogens with zero attached hydrogens (tertiary/aromatic N) is 2. The molecule has 27 heavy (non-hydrogen) atoms. The van der Waals surface area contributed by atoms with Crippen molar-refractivity contribution in [3.05, 3.63) is 29.8 Å². The summed E-state index contributed by atoms with van der Waals surface area (Å²) in [5.41, 5.74) is 0.116. The summed E-state index contributed by atoms with van der Waals surface area (Å²) in [6.07, 6.45) is 0. The summed E-state index contributed by atoms with van der Waals surface area (Å²) < 4.78 is 25.3. The first-order valence-corrected chi connectivity index (χ1v) is 9.92. The maximum Gasteiger partial charge on any atom is 0.251 e. The summed E-state index contributed by atoms with van der Waals surface area (Å²) >= 11 is 0. The van der Waals surface area contributed by atoms with E-state index < -0.39 is 21.8 Å². The van der Waals surface area contributed by atoms with Crippen molar-refractivity contribution in [1.82, 2.24) is 19.8 Å². The lowest BCUT2D eigenvalue weighted by molar-refractivity contribution is -0.132. The third kappa shape index (κ3) is 6.33. The zero-order valence-corrected chi connectivity index (χ0v) is 16.8. The quantitative estimate of drug-likeness (QED) is 0.590. The Bertz CT molecular complexity index is 788. The highest BCUT2D eigenvalue weighted by atomic mass is 32.2. The highest BCUT2D eigenvalue weighted by Crippen LogP contribution is 2.14. The van der Waals surface area contributed by atoms with E-state index in [2.05, 4.69) is 10.6 Å². The number of nitrogens with one attached hydrogen (secondary N) is 2. The van der Waals surface area contributed by atoms with Crippen LogP contribution in [0.4, 0.5) is 0 Å². The van der Waals surface area contributed by atoms with E-state index in [0.717, 1.165) is 4.31 Å². The molecule has 0 bridgehead atoms. The smallest absolute Gasteiger partial charge is 0.251 e. The van der Waals surface area contributed by atoms with Gasteiger partial charge in [-0.15, -0.1) is 0 Å². The van der Waals surface area contributed by atoms with Crippen LogP contribution in [0.25, 0.3) is 0 Å². The monoisotopic (exact) mass is 398 g/mol. The van der Waals surface area contributed by atoms with Gasteiger partial charge in [0, 0.05) is 32.7 Å². The van der Waals surface area contributed by atoms with Crippen molar-refractivity contribution in [3.8, 4) is 0 Å². The molecule has 9 nitrogen and oxygen atoms in total. The van der Waals surface area contributed by atoms with Gasteiger partial charge in [0.2, 0.25) is 21.8 Å². The highest BCUT2D eigenvalue weighted by Gasteiger charge is 2.19. The third-order valence-electron chi connectivity index (χ3n) is 3.84. The summed E-state index contributed by atoms with van der Waals surface area (Å²) in [5.74, 6) is -1.31. The van der Waals surface area contributed by atoms with Crippen LogP contribution in [0, 0.1) is 0 Å². The predicted molar refractivity (Wildman–Crippen MR) is 101 cm³/mol. The summed E-state index contributed by atoms with van der Waals surface area (Å²) in [7, 11) is -0.874. The van der Waals surface area contributed by atoms with Gasteiger partial charge in [-0.1, -0.05) is 6.07 Å². The van der Waals surface area contributed by atoms with E-state index in [1.54, 1.807) is 4.90 Å². The maximum absolute atomic E-state index is 12.2. The first kappa shape index (κ1) is 22.6. The number of sulfonamides is 1. The van der Waals surface area contributed by atoms with E-state index in [-0.39, 0.29) is 29.5 Å². The second-order valence-electron chi connectivity index (χ2n) is 5.84. The van der Waals surface area contributed by atoms with Gasteiger partial charge in [0.1, 0.15) is 0 Å². The molecule has 0 heterocycles. The molecule has 0 aliphatic heterocycles. The Morgan fingerprint density at radius 1 is 1.00 bits per heavy atom. The van der Waals surface area contributed by atoms with Crippen LogP contribution in [0.1, 0.15) is 24.2 Å². The van der Waals surface area contributed by atoms with Crippen LogP contribution in [0.3, 0.4) is 0 Å². The van der Waals surface area contributed by atoms with E-state index in [9.17, 15) is 22.8 Å². The minimum absolute atomic E-state index is 0.0191. The topological polar surface area (TPSA) is 116 Å². The first-order chi connectivity index (χ1) is 12.6. The SMILES string of the molecule is CCN(CC)C(=O)CNC(=O)CNC(=O)c1cccc(S(=O)(=O)N(C)C)c1. The number of benzene rings is 1. The Morgan fingerprint density at radius 3 is 2.19 bits per heavy atom.